The predicted molar refractivity (Wildman–Crippen MR) is 97.6 cm³/mol. The summed E-state index contributed by atoms with van der Waals surface area (Å²) in [5.74, 6) is 3.18. The van der Waals surface area contributed by atoms with E-state index in [1.807, 2.05) is 0 Å². The SMILES string of the molecule is COCOC1CC[C@@]2(C)C(CC[C@H]3[C@@H]4CC(C#N)=C[C@@]4(C)CC[C@@H]32)C1. The van der Waals surface area contributed by atoms with Crippen LogP contribution in [0.15, 0.2) is 11.6 Å². The van der Waals surface area contributed by atoms with Gasteiger partial charge in [0.25, 0.3) is 0 Å². The molecule has 2 unspecified atom stereocenters. The Kier molecular flexibility index (Phi) is 4.49. The van der Waals surface area contributed by atoms with E-state index >= 15 is 0 Å². The minimum Gasteiger partial charge on any atom is -0.359 e. The molecule has 7 atom stereocenters. The van der Waals surface area contributed by atoms with E-state index in [1.54, 1.807) is 7.11 Å². The van der Waals surface area contributed by atoms with Gasteiger partial charge in [-0.25, -0.2) is 0 Å². The molecule has 0 aromatic rings. The molecule has 0 spiro atoms. The smallest absolute Gasteiger partial charge is 0.146 e. The van der Waals surface area contributed by atoms with Gasteiger partial charge in [-0.1, -0.05) is 19.9 Å². The Morgan fingerprint density at radius 3 is 2.76 bits per heavy atom. The van der Waals surface area contributed by atoms with Gasteiger partial charge >= 0.3 is 0 Å². The van der Waals surface area contributed by atoms with Gasteiger partial charge in [-0.15, -0.1) is 0 Å². The van der Waals surface area contributed by atoms with E-state index in [0.717, 1.165) is 29.7 Å². The van der Waals surface area contributed by atoms with Crippen molar-refractivity contribution in [3.05, 3.63) is 11.6 Å². The maximum absolute atomic E-state index is 9.42. The lowest BCUT2D eigenvalue weighted by Crippen LogP contribution is -2.53. The fraction of sp³-hybridized carbons (Fsp3) is 0.864. The van der Waals surface area contributed by atoms with Gasteiger partial charge in [-0.2, -0.15) is 5.26 Å². The Morgan fingerprint density at radius 1 is 1.16 bits per heavy atom. The molecule has 0 N–H and O–H groups in total. The second kappa shape index (κ2) is 6.39. The van der Waals surface area contributed by atoms with Crippen molar-refractivity contribution in [2.45, 2.75) is 71.3 Å². The van der Waals surface area contributed by atoms with Crippen LogP contribution in [-0.4, -0.2) is 20.0 Å². The summed E-state index contributed by atoms with van der Waals surface area (Å²) in [6, 6.07) is 2.46. The first kappa shape index (κ1) is 17.6. The molecule has 0 bridgehead atoms. The van der Waals surface area contributed by atoms with E-state index in [4.69, 9.17) is 9.47 Å². The van der Waals surface area contributed by atoms with Crippen LogP contribution < -0.4 is 0 Å². The highest BCUT2D eigenvalue weighted by Gasteiger charge is 2.57. The molecule has 0 saturated heterocycles. The zero-order valence-electron chi connectivity index (χ0n) is 16.1. The third-order valence-corrected chi connectivity index (χ3v) is 8.56. The van der Waals surface area contributed by atoms with Crippen molar-refractivity contribution < 1.29 is 9.47 Å². The van der Waals surface area contributed by atoms with Crippen molar-refractivity contribution in [3.63, 3.8) is 0 Å². The van der Waals surface area contributed by atoms with Crippen LogP contribution in [0.2, 0.25) is 0 Å². The number of allylic oxidation sites excluding steroid dienone is 2. The zero-order chi connectivity index (χ0) is 17.7. The Hall–Kier alpha value is -0.850. The second-order valence-corrected chi connectivity index (χ2v) is 9.66. The summed E-state index contributed by atoms with van der Waals surface area (Å²) < 4.78 is 11.0. The second-order valence-electron chi connectivity index (χ2n) is 9.66. The third kappa shape index (κ3) is 2.77. The van der Waals surface area contributed by atoms with E-state index in [-0.39, 0.29) is 5.41 Å². The first-order valence-electron chi connectivity index (χ1n) is 10.2. The van der Waals surface area contributed by atoms with Crippen LogP contribution in [0.1, 0.15) is 65.2 Å². The monoisotopic (exact) mass is 343 g/mol. The van der Waals surface area contributed by atoms with Crippen molar-refractivity contribution in [1.29, 1.82) is 5.26 Å². The summed E-state index contributed by atoms with van der Waals surface area (Å²) in [5, 5.41) is 9.42. The zero-order valence-corrected chi connectivity index (χ0v) is 16.1. The molecule has 0 aromatic heterocycles. The van der Waals surface area contributed by atoms with Crippen LogP contribution in [0.4, 0.5) is 0 Å². The highest BCUT2D eigenvalue weighted by Crippen LogP contribution is 2.65. The first-order chi connectivity index (χ1) is 12.0. The number of nitrogens with zero attached hydrogens (tertiary/aromatic N) is 1. The largest absolute Gasteiger partial charge is 0.359 e. The lowest BCUT2D eigenvalue weighted by Gasteiger charge is -2.60. The van der Waals surface area contributed by atoms with Crippen LogP contribution in [-0.2, 0) is 9.47 Å². The van der Waals surface area contributed by atoms with Crippen LogP contribution in [0, 0.1) is 45.8 Å². The average Bonchev–Trinajstić information content (AvgIpc) is 2.96. The van der Waals surface area contributed by atoms with Crippen LogP contribution in [0.25, 0.3) is 0 Å². The molecule has 0 heterocycles. The topological polar surface area (TPSA) is 42.2 Å². The molecule has 3 saturated carbocycles. The fourth-order valence-corrected chi connectivity index (χ4v) is 7.22. The van der Waals surface area contributed by atoms with Gasteiger partial charge in [0.1, 0.15) is 6.79 Å². The van der Waals surface area contributed by atoms with E-state index in [9.17, 15) is 5.26 Å². The molecular formula is C22H33NO2. The molecule has 0 aromatic carbocycles. The molecule has 4 rings (SSSR count). The quantitative estimate of drug-likeness (QED) is 0.671. The van der Waals surface area contributed by atoms with Crippen molar-refractivity contribution in [3.8, 4) is 6.07 Å². The van der Waals surface area contributed by atoms with Gasteiger partial charge in [0.05, 0.1) is 12.2 Å². The minimum atomic E-state index is 0.286. The summed E-state index contributed by atoms with van der Waals surface area (Å²) in [4.78, 5) is 0. The van der Waals surface area contributed by atoms with E-state index < -0.39 is 0 Å². The third-order valence-electron chi connectivity index (χ3n) is 8.56. The standard InChI is InChI=1S/C22H33NO2/c1-21-8-7-19-18(20(21)10-15(12-21)13-23)5-4-16-11-17(25-14-24-3)6-9-22(16,19)2/h12,16-20H,4-11,14H2,1-3H3/t16?,17?,18-,19+,20+,21-,22+/m1/s1. The van der Waals surface area contributed by atoms with Crippen LogP contribution in [0.5, 0.6) is 0 Å². The molecule has 0 amide bonds. The highest BCUT2D eigenvalue weighted by molar-refractivity contribution is 5.32. The molecule has 3 nitrogen and oxygen atoms in total. The molecule has 4 aliphatic carbocycles. The maximum atomic E-state index is 9.42. The first-order valence-corrected chi connectivity index (χ1v) is 10.2. The van der Waals surface area contributed by atoms with Gasteiger partial charge in [0, 0.05) is 12.7 Å². The number of nitriles is 1. The van der Waals surface area contributed by atoms with E-state index in [1.165, 1.54) is 44.9 Å². The predicted octanol–water partition coefficient (Wildman–Crippen LogP) is 5.08. The normalized spacial score (nSPS) is 48.7. The van der Waals surface area contributed by atoms with E-state index in [2.05, 4.69) is 26.0 Å². The van der Waals surface area contributed by atoms with Crippen molar-refractivity contribution in [1.82, 2.24) is 0 Å². The minimum absolute atomic E-state index is 0.286. The average molecular weight is 344 g/mol. The Bertz CT molecular complexity index is 593. The molecule has 138 valence electrons. The summed E-state index contributed by atoms with van der Waals surface area (Å²) >= 11 is 0. The van der Waals surface area contributed by atoms with Crippen molar-refractivity contribution in [2.24, 2.45) is 34.5 Å². The summed E-state index contributed by atoms with van der Waals surface area (Å²) in [7, 11) is 1.71. The molecule has 4 aliphatic rings. The lowest BCUT2D eigenvalue weighted by atomic mass is 9.45. The molecule has 25 heavy (non-hydrogen) atoms. The Labute approximate surface area is 152 Å². The van der Waals surface area contributed by atoms with Gasteiger partial charge < -0.3 is 9.47 Å². The van der Waals surface area contributed by atoms with Crippen molar-refractivity contribution >= 4 is 0 Å². The number of ether oxygens (including phenoxy) is 2. The number of hydrogen-bond donors (Lipinski definition) is 0. The van der Waals surface area contributed by atoms with E-state index in [0.29, 0.717) is 24.2 Å². The number of methoxy groups -OCH3 is 1. The number of fused-ring (bicyclic) bond motifs is 5. The summed E-state index contributed by atoms with van der Waals surface area (Å²) in [6.07, 6.45) is 12.8. The van der Waals surface area contributed by atoms with Gasteiger partial charge in [0.15, 0.2) is 0 Å². The fourth-order valence-electron chi connectivity index (χ4n) is 7.22. The summed E-state index contributed by atoms with van der Waals surface area (Å²) in [6.45, 7) is 5.43. The number of rotatable bonds is 3. The Balaban J connectivity index is 1.51. The lowest BCUT2D eigenvalue weighted by molar-refractivity contribution is -0.147. The molecular weight excluding hydrogens is 310 g/mol. The Morgan fingerprint density at radius 2 is 2.00 bits per heavy atom. The van der Waals surface area contributed by atoms with Gasteiger partial charge in [-0.3, -0.25) is 0 Å². The highest BCUT2D eigenvalue weighted by atomic mass is 16.7. The summed E-state index contributed by atoms with van der Waals surface area (Å²) in [5.41, 5.74) is 1.82. The van der Waals surface area contributed by atoms with Crippen molar-refractivity contribution in [2.75, 3.05) is 13.9 Å². The molecule has 0 aliphatic heterocycles. The van der Waals surface area contributed by atoms with Crippen LogP contribution >= 0.6 is 0 Å². The molecule has 0 radical (unpaired) electrons. The van der Waals surface area contributed by atoms with Gasteiger partial charge in [-0.05, 0) is 85.9 Å². The maximum Gasteiger partial charge on any atom is 0.146 e. The molecule has 3 heteroatoms. The number of hydrogen-bond acceptors (Lipinski definition) is 3. The van der Waals surface area contributed by atoms with Gasteiger partial charge in [0.2, 0.25) is 0 Å². The molecule has 3 fully saturated rings. The van der Waals surface area contributed by atoms with Crippen LogP contribution in [0.3, 0.4) is 0 Å².